The number of carbonyl (C=O) groups excluding carboxylic acids is 1. The molecule has 0 atom stereocenters. The van der Waals surface area contributed by atoms with Crippen molar-refractivity contribution in [3.8, 4) is 6.07 Å². The van der Waals surface area contributed by atoms with E-state index in [1.165, 1.54) is 4.31 Å². The SMILES string of the molecule is Cc1cc(C)c(S(=O)(=O)N(CCc2ccccc2)CC(=O)Nc2cccc(C#N)c2)c(C)c1. The van der Waals surface area contributed by atoms with Gasteiger partial charge in [0.25, 0.3) is 0 Å². The Hall–Kier alpha value is -3.47. The first-order valence-corrected chi connectivity index (χ1v) is 12.1. The summed E-state index contributed by atoms with van der Waals surface area (Å²) in [6, 6.07) is 21.8. The monoisotopic (exact) mass is 461 g/mol. The van der Waals surface area contributed by atoms with Crippen molar-refractivity contribution in [2.45, 2.75) is 32.1 Å². The molecule has 0 aromatic heterocycles. The lowest BCUT2D eigenvalue weighted by Gasteiger charge is -2.24. The van der Waals surface area contributed by atoms with Crippen molar-refractivity contribution in [3.63, 3.8) is 0 Å². The molecule has 0 aliphatic heterocycles. The van der Waals surface area contributed by atoms with Gasteiger partial charge in [-0.25, -0.2) is 8.42 Å². The number of hydrogen-bond acceptors (Lipinski definition) is 4. The predicted molar refractivity (Wildman–Crippen MR) is 129 cm³/mol. The minimum atomic E-state index is -3.93. The van der Waals surface area contributed by atoms with Crippen LogP contribution < -0.4 is 5.32 Å². The molecule has 33 heavy (non-hydrogen) atoms. The highest BCUT2D eigenvalue weighted by molar-refractivity contribution is 7.89. The Bertz CT molecular complexity index is 1270. The molecule has 6 nitrogen and oxygen atoms in total. The summed E-state index contributed by atoms with van der Waals surface area (Å²) in [5, 5.41) is 11.8. The fourth-order valence-electron chi connectivity index (χ4n) is 3.91. The summed E-state index contributed by atoms with van der Waals surface area (Å²) in [4.78, 5) is 13.1. The van der Waals surface area contributed by atoms with Crippen molar-refractivity contribution in [3.05, 3.63) is 94.5 Å². The van der Waals surface area contributed by atoms with Crippen LogP contribution in [0.2, 0.25) is 0 Å². The fraction of sp³-hybridized carbons (Fsp3) is 0.231. The maximum absolute atomic E-state index is 13.7. The highest BCUT2D eigenvalue weighted by atomic mass is 32.2. The second kappa shape index (κ2) is 10.4. The summed E-state index contributed by atoms with van der Waals surface area (Å²) in [7, 11) is -3.93. The molecule has 1 amide bonds. The van der Waals surface area contributed by atoms with Crippen LogP contribution in [0, 0.1) is 32.1 Å². The van der Waals surface area contributed by atoms with Crippen molar-refractivity contribution >= 4 is 21.6 Å². The third-order valence-corrected chi connectivity index (χ3v) is 7.44. The molecule has 3 aromatic carbocycles. The van der Waals surface area contributed by atoms with Crippen molar-refractivity contribution < 1.29 is 13.2 Å². The van der Waals surface area contributed by atoms with Crippen molar-refractivity contribution in [2.24, 2.45) is 0 Å². The number of nitriles is 1. The minimum Gasteiger partial charge on any atom is -0.325 e. The van der Waals surface area contributed by atoms with Crippen molar-refractivity contribution in [2.75, 3.05) is 18.4 Å². The Kier molecular flexibility index (Phi) is 7.64. The van der Waals surface area contributed by atoms with E-state index in [9.17, 15) is 13.2 Å². The van der Waals surface area contributed by atoms with Crippen LogP contribution in [0.5, 0.6) is 0 Å². The van der Waals surface area contributed by atoms with Gasteiger partial charge < -0.3 is 5.32 Å². The van der Waals surface area contributed by atoms with Crippen LogP contribution >= 0.6 is 0 Å². The van der Waals surface area contributed by atoms with Gasteiger partial charge in [-0.2, -0.15) is 9.57 Å². The predicted octanol–water partition coefficient (Wildman–Crippen LogP) is 4.36. The standard InChI is InChI=1S/C26H27N3O3S/c1-19-14-20(2)26(21(3)15-19)33(31,32)29(13-12-22-8-5-4-6-9-22)18-25(30)28-24-11-7-10-23(16-24)17-27/h4-11,14-16H,12-13,18H2,1-3H3,(H,28,30). The lowest BCUT2D eigenvalue weighted by atomic mass is 10.1. The third kappa shape index (κ3) is 6.07. The lowest BCUT2D eigenvalue weighted by molar-refractivity contribution is -0.116. The average molecular weight is 462 g/mol. The third-order valence-electron chi connectivity index (χ3n) is 5.29. The van der Waals surface area contributed by atoms with Crippen LogP contribution in [0.3, 0.4) is 0 Å². The van der Waals surface area contributed by atoms with Gasteiger partial charge in [0.15, 0.2) is 0 Å². The largest absolute Gasteiger partial charge is 0.325 e. The molecule has 0 fully saturated rings. The van der Waals surface area contributed by atoms with Gasteiger partial charge in [-0.3, -0.25) is 4.79 Å². The number of aryl methyl sites for hydroxylation is 3. The van der Waals surface area contributed by atoms with E-state index < -0.39 is 15.9 Å². The smallest absolute Gasteiger partial charge is 0.244 e. The molecular weight excluding hydrogens is 434 g/mol. The van der Waals surface area contributed by atoms with Gasteiger partial charge >= 0.3 is 0 Å². The van der Waals surface area contributed by atoms with Gasteiger partial charge in [-0.1, -0.05) is 54.1 Å². The summed E-state index contributed by atoms with van der Waals surface area (Å²) in [6.45, 7) is 5.29. The van der Waals surface area contributed by atoms with Crippen molar-refractivity contribution in [1.82, 2.24) is 4.31 Å². The molecule has 0 aliphatic carbocycles. The molecule has 0 heterocycles. The highest BCUT2D eigenvalue weighted by Crippen LogP contribution is 2.25. The zero-order valence-corrected chi connectivity index (χ0v) is 19.8. The molecule has 0 unspecified atom stereocenters. The Morgan fingerprint density at radius 1 is 0.970 bits per heavy atom. The minimum absolute atomic E-state index is 0.157. The molecule has 0 saturated heterocycles. The van der Waals surface area contributed by atoms with Gasteiger partial charge in [0, 0.05) is 12.2 Å². The summed E-state index contributed by atoms with van der Waals surface area (Å²) in [6.07, 6.45) is 0.473. The molecule has 3 rings (SSSR count). The zero-order valence-electron chi connectivity index (χ0n) is 19.0. The lowest BCUT2D eigenvalue weighted by Crippen LogP contribution is -2.39. The summed E-state index contributed by atoms with van der Waals surface area (Å²) < 4.78 is 28.6. The molecule has 0 spiro atoms. The zero-order chi connectivity index (χ0) is 24.0. The van der Waals surface area contributed by atoms with Crippen LogP contribution in [-0.2, 0) is 21.2 Å². The van der Waals surface area contributed by atoms with Crippen LogP contribution in [0.1, 0.15) is 27.8 Å². The molecule has 7 heteroatoms. The highest BCUT2D eigenvalue weighted by Gasteiger charge is 2.29. The molecule has 0 radical (unpaired) electrons. The molecule has 1 N–H and O–H groups in total. The van der Waals surface area contributed by atoms with Gasteiger partial charge in [-0.15, -0.1) is 0 Å². The molecule has 0 bridgehead atoms. The van der Waals surface area contributed by atoms with E-state index in [0.717, 1.165) is 11.1 Å². The van der Waals surface area contributed by atoms with Gasteiger partial charge in [0.1, 0.15) is 0 Å². The van der Waals surface area contributed by atoms with E-state index in [4.69, 9.17) is 5.26 Å². The van der Waals surface area contributed by atoms with E-state index in [-0.39, 0.29) is 18.0 Å². The number of benzene rings is 3. The maximum atomic E-state index is 13.7. The quantitative estimate of drug-likeness (QED) is 0.540. The number of anilines is 1. The summed E-state index contributed by atoms with van der Waals surface area (Å²) >= 11 is 0. The van der Waals surface area contributed by atoms with Crippen LogP contribution in [-0.4, -0.2) is 31.7 Å². The van der Waals surface area contributed by atoms with E-state index in [0.29, 0.717) is 28.8 Å². The Morgan fingerprint density at radius 3 is 2.27 bits per heavy atom. The molecule has 0 aliphatic rings. The van der Waals surface area contributed by atoms with Crippen LogP contribution in [0.4, 0.5) is 5.69 Å². The second-order valence-electron chi connectivity index (χ2n) is 8.04. The molecule has 3 aromatic rings. The Balaban J connectivity index is 1.90. The van der Waals surface area contributed by atoms with E-state index in [1.807, 2.05) is 55.5 Å². The molecule has 0 saturated carbocycles. The normalized spacial score (nSPS) is 11.2. The summed E-state index contributed by atoms with van der Waals surface area (Å²) in [5.41, 5.74) is 4.13. The van der Waals surface area contributed by atoms with E-state index >= 15 is 0 Å². The maximum Gasteiger partial charge on any atom is 0.244 e. The molecular formula is C26H27N3O3S. The number of carbonyl (C=O) groups is 1. The fourth-order valence-corrected chi connectivity index (χ4v) is 5.72. The van der Waals surface area contributed by atoms with Gasteiger partial charge in [-0.05, 0) is 62.1 Å². The first kappa shape index (κ1) is 24.2. The number of hydrogen-bond donors (Lipinski definition) is 1. The number of sulfonamides is 1. The first-order valence-electron chi connectivity index (χ1n) is 10.6. The van der Waals surface area contributed by atoms with Crippen LogP contribution in [0.25, 0.3) is 0 Å². The number of nitrogens with zero attached hydrogens (tertiary/aromatic N) is 2. The molecule has 170 valence electrons. The average Bonchev–Trinajstić information content (AvgIpc) is 2.76. The van der Waals surface area contributed by atoms with Gasteiger partial charge in [0.05, 0.1) is 23.1 Å². The van der Waals surface area contributed by atoms with E-state index in [1.54, 1.807) is 38.1 Å². The number of amides is 1. The Morgan fingerprint density at radius 2 is 1.64 bits per heavy atom. The Labute approximate surface area is 195 Å². The van der Waals surface area contributed by atoms with E-state index in [2.05, 4.69) is 5.32 Å². The number of nitrogens with one attached hydrogen (secondary N) is 1. The van der Waals surface area contributed by atoms with Crippen molar-refractivity contribution in [1.29, 1.82) is 5.26 Å². The first-order chi connectivity index (χ1) is 15.7. The summed E-state index contributed by atoms with van der Waals surface area (Å²) in [5.74, 6) is -0.468. The topological polar surface area (TPSA) is 90.3 Å². The number of rotatable bonds is 8. The van der Waals surface area contributed by atoms with Crippen LogP contribution in [0.15, 0.2) is 71.6 Å². The second-order valence-corrected chi connectivity index (χ2v) is 9.92. The van der Waals surface area contributed by atoms with Gasteiger partial charge in [0.2, 0.25) is 15.9 Å².